The standard InChI is InChI=1S/C14H9ClN2S/c15-10-4-5-11-12(9-10)16-8-6-13(11)18-14-3-1-2-7-17-14/h1-9H. The molecule has 3 aromatic rings. The van der Waals surface area contributed by atoms with Crippen LogP contribution in [0.5, 0.6) is 0 Å². The number of hydrogen-bond donors (Lipinski definition) is 0. The van der Waals surface area contributed by atoms with Crippen LogP contribution < -0.4 is 0 Å². The number of aromatic nitrogens is 2. The molecule has 0 fully saturated rings. The highest BCUT2D eigenvalue weighted by molar-refractivity contribution is 7.99. The molecule has 2 heterocycles. The zero-order chi connectivity index (χ0) is 12.4. The second kappa shape index (κ2) is 4.96. The smallest absolute Gasteiger partial charge is 0.101 e. The van der Waals surface area contributed by atoms with Crippen LogP contribution in [0.2, 0.25) is 5.02 Å². The summed E-state index contributed by atoms with van der Waals surface area (Å²) in [6, 6.07) is 13.6. The van der Waals surface area contributed by atoms with E-state index in [1.54, 1.807) is 24.2 Å². The SMILES string of the molecule is Clc1ccc2c(Sc3ccccn3)ccnc2c1. The molecular formula is C14H9ClN2S. The molecule has 0 aliphatic carbocycles. The van der Waals surface area contributed by atoms with Gasteiger partial charge >= 0.3 is 0 Å². The van der Waals surface area contributed by atoms with E-state index in [9.17, 15) is 0 Å². The molecule has 2 aromatic heterocycles. The zero-order valence-electron chi connectivity index (χ0n) is 9.38. The van der Waals surface area contributed by atoms with Crippen molar-refractivity contribution in [3.63, 3.8) is 0 Å². The number of benzene rings is 1. The minimum Gasteiger partial charge on any atom is -0.256 e. The Kier molecular flexibility index (Phi) is 3.17. The first kappa shape index (κ1) is 11.5. The lowest BCUT2D eigenvalue weighted by atomic mass is 10.2. The first-order valence-electron chi connectivity index (χ1n) is 5.46. The van der Waals surface area contributed by atoms with Crippen LogP contribution in [0.3, 0.4) is 0 Å². The molecule has 88 valence electrons. The number of rotatable bonds is 2. The fraction of sp³-hybridized carbons (Fsp3) is 0. The second-order valence-electron chi connectivity index (χ2n) is 3.74. The molecular weight excluding hydrogens is 264 g/mol. The first-order valence-corrected chi connectivity index (χ1v) is 6.65. The van der Waals surface area contributed by atoms with Gasteiger partial charge in [0.15, 0.2) is 0 Å². The Labute approximate surface area is 114 Å². The third-order valence-corrected chi connectivity index (χ3v) is 3.78. The van der Waals surface area contributed by atoms with Crippen LogP contribution in [0.15, 0.2) is 64.8 Å². The Morgan fingerprint density at radius 1 is 0.944 bits per heavy atom. The van der Waals surface area contributed by atoms with Gasteiger partial charge in [0.2, 0.25) is 0 Å². The van der Waals surface area contributed by atoms with E-state index in [0.29, 0.717) is 5.02 Å². The van der Waals surface area contributed by atoms with Crippen molar-refractivity contribution in [1.29, 1.82) is 0 Å². The van der Waals surface area contributed by atoms with E-state index in [1.165, 1.54) is 0 Å². The summed E-state index contributed by atoms with van der Waals surface area (Å²) in [6.07, 6.45) is 3.59. The monoisotopic (exact) mass is 272 g/mol. The van der Waals surface area contributed by atoms with Gasteiger partial charge in [-0.3, -0.25) is 4.98 Å². The Bertz CT molecular complexity index is 686. The summed E-state index contributed by atoms with van der Waals surface area (Å²) >= 11 is 7.60. The lowest BCUT2D eigenvalue weighted by molar-refractivity contribution is 1.13. The van der Waals surface area contributed by atoms with Gasteiger partial charge in [-0.05, 0) is 30.3 Å². The van der Waals surface area contributed by atoms with Crippen molar-refractivity contribution >= 4 is 34.3 Å². The van der Waals surface area contributed by atoms with Crippen LogP contribution in [-0.2, 0) is 0 Å². The second-order valence-corrected chi connectivity index (χ2v) is 5.24. The van der Waals surface area contributed by atoms with Gasteiger partial charge in [0, 0.05) is 27.7 Å². The summed E-state index contributed by atoms with van der Waals surface area (Å²) in [4.78, 5) is 9.78. The highest BCUT2D eigenvalue weighted by Gasteiger charge is 2.04. The fourth-order valence-electron chi connectivity index (χ4n) is 1.70. The molecule has 18 heavy (non-hydrogen) atoms. The third kappa shape index (κ3) is 2.33. The number of hydrogen-bond acceptors (Lipinski definition) is 3. The summed E-state index contributed by atoms with van der Waals surface area (Å²) in [5.74, 6) is 0. The van der Waals surface area contributed by atoms with Gasteiger partial charge < -0.3 is 0 Å². The van der Waals surface area contributed by atoms with E-state index < -0.39 is 0 Å². The number of pyridine rings is 2. The van der Waals surface area contributed by atoms with Gasteiger partial charge in [-0.15, -0.1) is 0 Å². The first-order chi connectivity index (χ1) is 8.83. The fourth-order valence-corrected chi connectivity index (χ4v) is 2.77. The van der Waals surface area contributed by atoms with Crippen molar-refractivity contribution in [1.82, 2.24) is 9.97 Å². The maximum atomic E-state index is 5.97. The van der Waals surface area contributed by atoms with E-state index in [-0.39, 0.29) is 0 Å². The molecule has 3 rings (SSSR count). The summed E-state index contributed by atoms with van der Waals surface area (Å²) in [5, 5.41) is 2.77. The average molecular weight is 273 g/mol. The Balaban J connectivity index is 2.07. The largest absolute Gasteiger partial charge is 0.256 e. The number of nitrogens with zero attached hydrogens (tertiary/aromatic N) is 2. The van der Waals surface area contributed by atoms with Crippen molar-refractivity contribution in [2.24, 2.45) is 0 Å². The van der Waals surface area contributed by atoms with Gasteiger partial charge in [-0.2, -0.15) is 0 Å². The van der Waals surface area contributed by atoms with E-state index in [0.717, 1.165) is 20.8 Å². The molecule has 0 amide bonds. The van der Waals surface area contributed by atoms with E-state index >= 15 is 0 Å². The van der Waals surface area contributed by atoms with Crippen molar-refractivity contribution in [2.45, 2.75) is 9.92 Å². The van der Waals surface area contributed by atoms with Crippen molar-refractivity contribution in [3.8, 4) is 0 Å². The molecule has 0 saturated heterocycles. The minimum atomic E-state index is 0.704. The molecule has 4 heteroatoms. The molecule has 0 spiro atoms. The molecule has 0 bridgehead atoms. The highest BCUT2D eigenvalue weighted by Crippen LogP contribution is 2.32. The predicted octanol–water partition coefficient (Wildman–Crippen LogP) is 4.43. The maximum absolute atomic E-state index is 5.97. The van der Waals surface area contributed by atoms with Crippen LogP contribution in [0.4, 0.5) is 0 Å². The van der Waals surface area contributed by atoms with Gasteiger partial charge in [0.1, 0.15) is 5.03 Å². The Morgan fingerprint density at radius 2 is 1.89 bits per heavy atom. The third-order valence-electron chi connectivity index (χ3n) is 2.52. The van der Waals surface area contributed by atoms with Crippen molar-refractivity contribution < 1.29 is 0 Å². The van der Waals surface area contributed by atoms with E-state index in [4.69, 9.17) is 11.6 Å². The minimum absolute atomic E-state index is 0.704. The van der Waals surface area contributed by atoms with Crippen LogP contribution in [0, 0.1) is 0 Å². The summed E-state index contributed by atoms with van der Waals surface area (Å²) in [5.41, 5.74) is 0.906. The molecule has 0 N–H and O–H groups in total. The number of fused-ring (bicyclic) bond motifs is 1. The average Bonchev–Trinajstić information content (AvgIpc) is 2.40. The van der Waals surface area contributed by atoms with Crippen LogP contribution in [0.1, 0.15) is 0 Å². The molecule has 0 aliphatic rings. The van der Waals surface area contributed by atoms with Crippen LogP contribution >= 0.6 is 23.4 Å². The Hall–Kier alpha value is -1.58. The lowest BCUT2D eigenvalue weighted by Gasteiger charge is -2.05. The van der Waals surface area contributed by atoms with Gasteiger partial charge in [0.05, 0.1) is 5.52 Å². The molecule has 0 saturated carbocycles. The Morgan fingerprint density at radius 3 is 2.72 bits per heavy atom. The maximum Gasteiger partial charge on any atom is 0.101 e. The summed E-state index contributed by atoms with van der Waals surface area (Å²) in [7, 11) is 0. The summed E-state index contributed by atoms with van der Waals surface area (Å²) < 4.78 is 0. The van der Waals surface area contributed by atoms with Crippen molar-refractivity contribution in [3.05, 3.63) is 59.9 Å². The van der Waals surface area contributed by atoms with E-state index in [1.807, 2.05) is 42.5 Å². The predicted molar refractivity (Wildman–Crippen MR) is 75.1 cm³/mol. The molecule has 1 aromatic carbocycles. The van der Waals surface area contributed by atoms with Gasteiger partial charge in [-0.1, -0.05) is 35.5 Å². The topological polar surface area (TPSA) is 25.8 Å². The highest BCUT2D eigenvalue weighted by atomic mass is 35.5. The molecule has 0 aliphatic heterocycles. The lowest BCUT2D eigenvalue weighted by Crippen LogP contribution is -1.83. The van der Waals surface area contributed by atoms with Crippen LogP contribution in [0.25, 0.3) is 10.9 Å². The number of halogens is 1. The molecule has 0 radical (unpaired) electrons. The van der Waals surface area contributed by atoms with Crippen molar-refractivity contribution in [2.75, 3.05) is 0 Å². The van der Waals surface area contributed by atoms with Crippen LogP contribution in [-0.4, -0.2) is 9.97 Å². The quantitative estimate of drug-likeness (QED) is 0.690. The van der Waals surface area contributed by atoms with Gasteiger partial charge in [0.25, 0.3) is 0 Å². The molecule has 0 atom stereocenters. The summed E-state index contributed by atoms with van der Waals surface area (Å²) in [6.45, 7) is 0. The van der Waals surface area contributed by atoms with Gasteiger partial charge in [-0.25, -0.2) is 4.98 Å². The zero-order valence-corrected chi connectivity index (χ0v) is 10.9. The van der Waals surface area contributed by atoms with E-state index in [2.05, 4.69) is 9.97 Å². The molecule has 0 unspecified atom stereocenters. The normalized spacial score (nSPS) is 10.7. The molecule has 2 nitrogen and oxygen atoms in total.